The van der Waals surface area contributed by atoms with Gasteiger partial charge in [-0.3, -0.25) is 10.1 Å². The molecule has 0 radical (unpaired) electrons. The van der Waals surface area contributed by atoms with Crippen molar-refractivity contribution in [1.82, 2.24) is 10.2 Å². The fourth-order valence-corrected chi connectivity index (χ4v) is 4.20. The fraction of sp³-hybridized carbons (Fsp3) is 0.533. The summed E-state index contributed by atoms with van der Waals surface area (Å²) in [6.07, 6.45) is 1.91. The van der Waals surface area contributed by atoms with Crippen LogP contribution in [0.4, 0.5) is 8.78 Å². The molecule has 2 aliphatic heterocycles. The SMILES string of the molecule is CC1NC(c2ccc(F)c(F)c2)N(CC2CCCS2)C1=O. The van der Waals surface area contributed by atoms with Crippen molar-refractivity contribution in [3.8, 4) is 0 Å². The van der Waals surface area contributed by atoms with Crippen molar-refractivity contribution >= 4 is 17.7 Å². The molecule has 0 spiro atoms. The maximum absolute atomic E-state index is 13.4. The van der Waals surface area contributed by atoms with Crippen molar-refractivity contribution in [2.45, 2.75) is 37.2 Å². The van der Waals surface area contributed by atoms with Crippen LogP contribution in [-0.4, -0.2) is 34.4 Å². The number of hydrogen-bond acceptors (Lipinski definition) is 3. The lowest BCUT2D eigenvalue weighted by molar-refractivity contribution is -0.129. The van der Waals surface area contributed by atoms with Gasteiger partial charge >= 0.3 is 0 Å². The highest BCUT2D eigenvalue weighted by Gasteiger charge is 2.38. The highest BCUT2D eigenvalue weighted by Crippen LogP contribution is 2.32. The summed E-state index contributed by atoms with van der Waals surface area (Å²) in [5, 5.41) is 3.61. The predicted octanol–water partition coefficient (Wildman–Crippen LogP) is 2.68. The third kappa shape index (κ3) is 2.92. The Morgan fingerprint density at radius 2 is 2.19 bits per heavy atom. The van der Waals surface area contributed by atoms with Crippen molar-refractivity contribution in [3.05, 3.63) is 35.4 Å². The van der Waals surface area contributed by atoms with Crippen LogP contribution in [0.5, 0.6) is 0 Å². The summed E-state index contributed by atoms with van der Waals surface area (Å²) in [6.45, 7) is 2.46. The van der Waals surface area contributed by atoms with E-state index >= 15 is 0 Å². The van der Waals surface area contributed by atoms with E-state index in [0.29, 0.717) is 17.4 Å². The lowest BCUT2D eigenvalue weighted by Crippen LogP contribution is -2.35. The molecule has 0 aromatic heterocycles. The summed E-state index contributed by atoms with van der Waals surface area (Å²) < 4.78 is 26.5. The minimum atomic E-state index is -0.878. The lowest BCUT2D eigenvalue weighted by atomic mass is 10.1. The van der Waals surface area contributed by atoms with Gasteiger partial charge < -0.3 is 4.90 Å². The van der Waals surface area contributed by atoms with Crippen molar-refractivity contribution in [3.63, 3.8) is 0 Å². The Labute approximate surface area is 127 Å². The number of hydrogen-bond donors (Lipinski definition) is 1. The first-order valence-corrected chi connectivity index (χ1v) is 8.24. The van der Waals surface area contributed by atoms with Crippen LogP contribution < -0.4 is 5.32 Å². The molecular formula is C15H18F2N2OS. The highest BCUT2D eigenvalue weighted by molar-refractivity contribution is 8.00. The number of thioether (sulfide) groups is 1. The predicted molar refractivity (Wildman–Crippen MR) is 78.9 cm³/mol. The quantitative estimate of drug-likeness (QED) is 0.931. The van der Waals surface area contributed by atoms with Crippen LogP contribution in [0.2, 0.25) is 0 Å². The number of halogens is 2. The summed E-state index contributed by atoms with van der Waals surface area (Å²) in [7, 11) is 0. The van der Waals surface area contributed by atoms with Gasteiger partial charge in [-0.15, -0.1) is 0 Å². The zero-order chi connectivity index (χ0) is 15.0. The smallest absolute Gasteiger partial charge is 0.241 e. The van der Waals surface area contributed by atoms with E-state index in [9.17, 15) is 13.6 Å². The van der Waals surface area contributed by atoms with Gasteiger partial charge in [-0.1, -0.05) is 6.07 Å². The van der Waals surface area contributed by atoms with Crippen LogP contribution in [-0.2, 0) is 4.79 Å². The minimum absolute atomic E-state index is 0.0252. The molecule has 1 aromatic carbocycles. The standard InChI is InChI=1S/C15H18F2N2OS/c1-9-15(20)19(8-11-3-2-6-21-11)14(18-9)10-4-5-12(16)13(17)7-10/h4-5,7,9,11,14,18H,2-3,6,8H2,1H3. The fourth-order valence-electron chi connectivity index (χ4n) is 2.94. The molecule has 2 saturated heterocycles. The molecule has 3 nitrogen and oxygen atoms in total. The Morgan fingerprint density at radius 1 is 1.38 bits per heavy atom. The Balaban J connectivity index is 1.83. The van der Waals surface area contributed by atoms with E-state index in [2.05, 4.69) is 5.32 Å². The summed E-state index contributed by atoms with van der Waals surface area (Å²) in [5.41, 5.74) is 0.592. The average Bonchev–Trinajstić information content (AvgIpc) is 3.06. The number of nitrogens with one attached hydrogen (secondary N) is 1. The maximum atomic E-state index is 13.4. The van der Waals surface area contributed by atoms with Crippen molar-refractivity contribution in [2.75, 3.05) is 12.3 Å². The number of carbonyl (C=O) groups excluding carboxylic acids is 1. The van der Waals surface area contributed by atoms with Crippen molar-refractivity contribution < 1.29 is 13.6 Å². The molecule has 3 unspecified atom stereocenters. The van der Waals surface area contributed by atoms with Crippen LogP contribution >= 0.6 is 11.8 Å². The van der Waals surface area contributed by atoms with Crippen LogP contribution in [0.3, 0.4) is 0 Å². The second-order valence-electron chi connectivity index (χ2n) is 5.59. The number of carbonyl (C=O) groups is 1. The van der Waals surface area contributed by atoms with Crippen LogP contribution in [0.1, 0.15) is 31.5 Å². The first kappa shape index (κ1) is 14.8. The molecule has 2 heterocycles. The van der Waals surface area contributed by atoms with E-state index in [1.165, 1.54) is 18.6 Å². The molecule has 1 amide bonds. The Hall–Kier alpha value is -1.14. The summed E-state index contributed by atoms with van der Waals surface area (Å²) in [5.74, 6) is -0.589. The molecule has 21 heavy (non-hydrogen) atoms. The van der Waals surface area contributed by atoms with E-state index < -0.39 is 11.6 Å². The number of amides is 1. The molecule has 1 N–H and O–H groups in total. The normalized spacial score (nSPS) is 29.4. The average molecular weight is 312 g/mol. The number of benzene rings is 1. The summed E-state index contributed by atoms with van der Waals surface area (Å²) >= 11 is 1.88. The van der Waals surface area contributed by atoms with Gasteiger partial charge in [0.1, 0.15) is 6.17 Å². The Bertz CT molecular complexity index is 548. The molecule has 3 rings (SSSR count). The first-order chi connectivity index (χ1) is 10.1. The van der Waals surface area contributed by atoms with E-state index in [1.54, 1.807) is 11.8 Å². The van der Waals surface area contributed by atoms with E-state index in [1.807, 2.05) is 11.8 Å². The third-order valence-electron chi connectivity index (χ3n) is 4.06. The molecule has 0 saturated carbocycles. The van der Waals surface area contributed by atoms with Gasteiger partial charge in [0.15, 0.2) is 11.6 Å². The maximum Gasteiger partial charge on any atom is 0.241 e. The van der Waals surface area contributed by atoms with E-state index in [4.69, 9.17) is 0 Å². The monoisotopic (exact) mass is 312 g/mol. The molecule has 3 atom stereocenters. The second-order valence-corrected chi connectivity index (χ2v) is 7.00. The first-order valence-electron chi connectivity index (χ1n) is 7.19. The molecule has 114 valence electrons. The summed E-state index contributed by atoms with van der Waals surface area (Å²) in [4.78, 5) is 14.1. The van der Waals surface area contributed by atoms with Gasteiger partial charge in [0.05, 0.1) is 6.04 Å². The minimum Gasteiger partial charge on any atom is -0.320 e. The van der Waals surface area contributed by atoms with Crippen LogP contribution in [0, 0.1) is 11.6 Å². The van der Waals surface area contributed by atoms with Gasteiger partial charge in [0, 0.05) is 11.8 Å². The molecule has 6 heteroatoms. The molecule has 2 aliphatic rings. The van der Waals surface area contributed by atoms with Crippen LogP contribution in [0.25, 0.3) is 0 Å². The Kier molecular flexibility index (Phi) is 4.17. The zero-order valence-corrected chi connectivity index (χ0v) is 12.6. The number of nitrogens with zero attached hydrogens (tertiary/aromatic N) is 1. The largest absolute Gasteiger partial charge is 0.320 e. The number of rotatable bonds is 3. The van der Waals surface area contributed by atoms with Gasteiger partial charge in [0.25, 0.3) is 0 Å². The van der Waals surface area contributed by atoms with Crippen molar-refractivity contribution in [1.29, 1.82) is 0 Å². The van der Waals surface area contributed by atoms with Crippen molar-refractivity contribution in [2.24, 2.45) is 0 Å². The molecule has 0 bridgehead atoms. The van der Waals surface area contributed by atoms with E-state index in [0.717, 1.165) is 18.2 Å². The van der Waals surface area contributed by atoms with Gasteiger partial charge in [-0.25, -0.2) is 8.78 Å². The molecular weight excluding hydrogens is 294 g/mol. The third-order valence-corrected chi connectivity index (χ3v) is 5.44. The van der Waals surface area contributed by atoms with E-state index in [-0.39, 0.29) is 18.1 Å². The van der Waals surface area contributed by atoms with Gasteiger partial charge in [0.2, 0.25) is 5.91 Å². The van der Waals surface area contributed by atoms with Gasteiger partial charge in [-0.2, -0.15) is 11.8 Å². The van der Waals surface area contributed by atoms with Gasteiger partial charge in [-0.05, 0) is 43.2 Å². The lowest BCUT2D eigenvalue weighted by Gasteiger charge is -2.27. The summed E-state index contributed by atoms with van der Waals surface area (Å²) in [6, 6.07) is 3.53. The Morgan fingerprint density at radius 3 is 2.86 bits per heavy atom. The molecule has 2 fully saturated rings. The highest BCUT2D eigenvalue weighted by atomic mass is 32.2. The second kappa shape index (κ2) is 5.93. The molecule has 1 aromatic rings. The zero-order valence-electron chi connectivity index (χ0n) is 11.8. The molecule has 0 aliphatic carbocycles. The topological polar surface area (TPSA) is 32.3 Å². The van der Waals surface area contributed by atoms with Crippen LogP contribution in [0.15, 0.2) is 18.2 Å².